The van der Waals surface area contributed by atoms with E-state index in [1.54, 1.807) is 5.82 Å². The molecule has 0 N–H and O–H groups in total. The van der Waals surface area contributed by atoms with E-state index >= 15 is 0 Å². The van der Waals surface area contributed by atoms with Crippen molar-refractivity contribution in [3.63, 3.8) is 0 Å². The van der Waals surface area contributed by atoms with Crippen molar-refractivity contribution in [3.05, 3.63) is 72.1 Å². The molecule has 0 amide bonds. The summed E-state index contributed by atoms with van der Waals surface area (Å²) in [6.07, 6.45) is 0. The molecule has 0 fully saturated rings. The maximum absolute atomic E-state index is 13.1. The van der Waals surface area contributed by atoms with Crippen LogP contribution in [0.5, 0.6) is 0 Å². The van der Waals surface area contributed by atoms with E-state index in [2.05, 4.69) is 6.58 Å². The lowest BCUT2D eigenvalue weighted by atomic mass is 10.2. The van der Waals surface area contributed by atoms with E-state index in [4.69, 9.17) is 0 Å². The van der Waals surface area contributed by atoms with Gasteiger partial charge >= 0.3 is 0 Å². The topological polar surface area (TPSA) is 17.1 Å². The lowest BCUT2D eigenvalue weighted by Gasteiger charge is -2.15. The van der Waals surface area contributed by atoms with Crippen LogP contribution in [0.15, 0.2) is 60.9 Å². The molecule has 0 unspecified atom stereocenters. The SMILES string of the molecule is C=CP(=O)(c1ccc(C)cc1)c1ccc(C)cc1. The summed E-state index contributed by atoms with van der Waals surface area (Å²) in [5.41, 5.74) is 2.33. The molecule has 0 atom stereocenters. The predicted molar refractivity (Wildman–Crippen MR) is 79.4 cm³/mol. The molecule has 2 heteroatoms. The number of rotatable bonds is 3. The van der Waals surface area contributed by atoms with Gasteiger partial charge in [0.15, 0.2) is 7.14 Å². The van der Waals surface area contributed by atoms with Gasteiger partial charge in [0.2, 0.25) is 0 Å². The summed E-state index contributed by atoms with van der Waals surface area (Å²) >= 11 is 0. The zero-order chi connectivity index (χ0) is 13.2. The minimum atomic E-state index is -2.68. The van der Waals surface area contributed by atoms with Crippen LogP contribution in [0.25, 0.3) is 0 Å². The van der Waals surface area contributed by atoms with Gasteiger partial charge in [0, 0.05) is 10.6 Å². The Labute approximate surface area is 109 Å². The highest BCUT2D eigenvalue weighted by Gasteiger charge is 2.22. The quantitative estimate of drug-likeness (QED) is 0.764. The van der Waals surface area contributed by atoms with Crippen molar-refractivity contribution in [1.29, 1.82) is 0 Å². The molecular formula is C16H17OP. The zero-order valence-electron chi connectivity index (χ0n) is 10.8. The molecule has 92 valence electrons. The summed E-state index contributed by atoms with van der Waals surface area (Å²) in [6, 6.07) is 15.7. The van der Waals surface area contributed by atoms with Crippen LogP contribution in [0.2, 0.25) is 0 Å². The molecule has 2 aromatic carbocycles. The van der Waals surface area contributed by atoms with Gasteiger partial charge in [-0.15, -0.1) is 0 Å². The minimum absolute atomic E-state index is 0.840. The third-order valence-corrected chi connectivity index (χ3v) is 5.74. The van der Waals surface area contributed by atoms with Gasteiger partial charge in [0.25, 0.3) is 0 Å². The maximum atomic E-state index is 13.1. The summed E-state index contributed by atoms with van der Waals surface area (Å²) in [5, 5.41) is 1.68. The Hall–Kier alpha value is -1.59. The van der Waals surface area contributed by atoms with Crippen molar-refractivity contribution in [2.75, 3.05) is 0 Å². The average Bonchev–Trinajstić information content (AvgIpc) is 2.39. The highest BCUT2D eigenvalue weighted by Crippen LogP contribution is 2.44. The maximum Gasteiger partial charge on any atom is 0.163 e. The van der Waals surface area contributed by atoms with Crippen LogP contribution in [0, 0.1) is 13.8 Å². The van der Waals surface area contributed by atoms with E-state index in [0.29, 0.717) is 0 Å². The van der Waals surface area contributed by atoms with Crippen molar-refractivity contribution in [1.82, 2.24) is 0 Å². The van der Waals surface area contributed by atoms with Crippen LogP contribution in [0.3, 0.4) is 0 Å². The largest absolute Gasteiger partial charge is 0.309 e. The summed E-state index contributed by atoms with van der Waals surface area (Å²) in [5.74, 6) is 1.59. The van der Waals surface area contributed by atoms with E-state index in [0.717, 1.165) is 10.6 Å². The number of benzene rings is 2. The third-order valence-electron chi connectivity index (χ3n) is 3.09. The van der Waals surface area contributed by atoms with E-state index in [1.165, 1.54) is 11.1 Å². The minimum Gasteiger partial charge on any atom is -0.309 e. The molecule has 0 heterocycles. The molecular weight excluding hydrogens is 239 g/mol. The fraction of sp³-hybridized carbons (Fsp3) is 0.125. The molecule has 0 spiro atoms. The number of hydrogen-bond donors (Lipinski definition) is 0. The summed E-state index contributed by atoms with van der Waals surface area (Å²) < 4.78 is 13.1. The van der Waals surface area contributed by atoms with Gasteiger partial charge in [-0.1, -0.05) is 66.2 Å². The zero-order valence-corrected chi connectivity index (χ0v) is 11.7. The molecule has 0 saturated carbocycles. The molecule has 0 aliphatic heterocycles. The van der Waals surface area contributed by atoms with E-state index < -0.39 is 7.14 Å². The van der Waals surface area contributed by atoms with Crippen LogP contribution in [-0.4, -0.2) is 0 Å². The average molecular weight is 256 g/mol. The lowest BCUT2D eigenvalue weighted by molar-refractivity contribution is 0.592. The van der Waals surface area contributed by atoms with Crippen LogP contribution in [-0.2, 0) is 4.57 Å². The molecule has 0 aliphatic carbocycles. The van der Waals surface area contributed by atoms with E-state index in [1.807, 2.05) is 62.4 Å². The van der Waals surface area contributed by atoms with Crippen molar-refractivity contribution < 1.29 is 4.57 Å². The van der Waals surface area contributed by atoms with Gasteiger partial charge in [0.05, 0.1) is 0 Å². The first-order valence-electron chi connectivity index (χ1n) is 5.94. The Kier molecular flexibility index (Phi) is 3.54. The van der Waals surface area contributed by atoms with Gasteiger partial charge in [-0.05, 0) is 19.7 Å². The first-order valence-corrected chi connectivity index (χ1v) is 7.71. The Balaban J connectivity index is 2.54. The second-order valence-corrected chi connectivity index (χ2v) is 7.23. The molecule has 0 bridgehead atoms. The fourth-order valence-corrected chi connectivity index (χ4v) is 3.80. The molecule has 0 saturated heterocycles. The number of hydrogen-bond acceptors (Lipinski definition) is 1. The van der Waals surface area contributed by atoms with Crippen LogP contribution in [0.1, 0.15) is 11.1 Å². The Morgan fingerprint density at radius 3 is 1.44 bits per heavy atom. The van der Waals surface area contributed by atoms with Gasteiger partial charge in [-0.3, -0.25) is 0 Å². The van der Waals surface area contributed by atoms with Gasteiger partial charge in [-0.2, -0.15) is 0 Å². The molecule has 18 heavy (non-hydrogen) atoms. The summed E-state index contributed by atoms with van der Waals surface area (Å²) in [7, 11) is -2.68. The van der Waals surface area contributed by atoms with E-state index in [-0.39, 0.29) is 0 Å². The summed E-state index contributed by atoms with van der Waals surface area (Å²) in [6.45, 7) is 7.81. The fourth-order valence-electron chi connectivity index (χ4n) is 1.89. The van der Waals surface area contributed by atoms with Crippen molar-refractivity contribution in [3.8, 4) is 0 Å². The molecule has 1 nitrogen and oxygen atoms in total. The van der Waals surface area contributed by atoms with Gasteiger partial charge in [-0.25, -0.2) is 0 Å². The Morgan fingerprint density at radius 1 is 0.833 bits per heavy atom. The highest BCUT2D eigenvalue weighted by atomic mass is 31.2. The molecule has 0 aliphatic rings. The van der Waals surface area contributed by atoms with Crippen LogP contribution < -0.4 is 10.6 Å². The second-order valence-electron chi connectivity index (χ2n) is 4.51. The normalized spacial score (nSPS) is 11.2. The van der Waals surface area contributed by atoms with Crippen LogP contribution in [0.4, 0.5) is 0 Å². The molecule has 0 radical (unpaired) electrons. The first kappa shape index (κ1) is 12.9. The summed E-state index contributed by atoms with van der Waals surface area (Å²) in [4.78, 5) is 0. The number of aryl methyl sites for hydroxylation is 2. The molecule has 2 aromatic rings. The van der Waals surface area contributed by atoms with Crippen molar-refractivity contribution >= 4 is 17.8 Å². The Bertz CT molecular complexity index is 544. The highest BCUT2D eigenvalue weighted by molar-refractivity contribution is 7.81. The Morgan fingerprint density at radius 2 is 1.17 bits per heavy atom. The lowest BCUT2D eigenvalue weighted by Crippen LogP contribution is -2.14. The monoisotopic (exact) mass is 256 g/mol. The van der Waals surface area contributed by atoms with Crippen molar-refractivity contribution in [2.24, 2.45) is 0 Å². The molecule has 2 rings (SSSR count). The van der Waals surface area contributed by atoms with Crippen molar-refractivity contribution in [2.45, 2.75) is 13.8 Å². The molecule has 0 aromatic heterocycles. The van der Waals surface area contributed by atoms with Crippen LogP contribution >= 0.6 is 7.14 Å². The second kappa shape index (κ2) is 4.96. The van der Waals surface area contributed by atoms with Gasteiger partial charge < -0.3 is 4.57 Å². The standard InChI is InChI=1S/C16H17OP/c1-4-18(17,15-9-5-13(2)6-10-15)16-11-7-14(3)8-12-16/h4-12H,1H2,2-3H3. The van der Waals surface area contributed by atoms with E-state index in [9.17, 15) is 4.57 Å². The third kappa shape index (κ3) is 2.32. The predicted octanol–water partition coefficient (Wildman–Crippen LogP) is 3.76. The first-order chi connectivity index (χ1) is 8.56. The smallest absolute Gasteiger partial charge is 0.163 e. The van der Waals surface area contributed by atoms with Gasteiger partial charge in [0.1, 0.15) is 0 Å².